The van der Waals surface area contributed by atoms with E-state index in [1.54, 1.807) is 48.7 Å². The number of amides is 5. The van der Waals surface area contributed by atoms with Gasteiger partial charge in [0.2, 0.25) is 11.8 Å². The number of hydrogen-bond acceptors (Lipinski definition) is 17. The number of ether oxygens (including phenoxy) is 1. The first-order valence-electron chi connectivity index (χ1n) is 32.7. The maximum Gasteiger partial charge on any atom is 0.293 e. The largest absolute Gasteiger partial charge is 0.455 e. The number of piperazine rings is 2. The second-order valence-electron chi connectivity index (χ2n) is 26.4. The van der Waals surface area contributed by atoms with E-state index in [2.05, 4.69) is 76.2 Å². The summed E-state index contributed by atoms with van der Waals surface area (Å²) in [5.41, 5.74) is 6.58. The van der Waals surface area contributed by atoms with Crippen LogP contribution in [0.1, 0.15) is 134 Å². The van der Waals surface area contributed by atoms with Crippen LogP contribution in [-0.4, -0.2) is 163 Å². The highest BCUT2D eigenvalue weighted by Crippen LogP contribution is 2.44. The number of benzene rings is 4. The molecule has 1 unspecified atom stereocenters. The van der Waals surface area contributed by atoms with E-state index < -0.39 is 61.1 Å². The molecule has 6 heterocycles. The van der Waals surface area contributed by atoms with Crippen molar-refractivity contribution in [2.75, 3.05) is 94.1 Å². The average molecular weight is 1310 g/mol. The molecule has 490 valence electrons. The lowest BCUT2D eigenvalue weighted by Gasteiger charge is -2.42. The standard InChI is InChI=1S/C69H81ClN12O10S/c1-69(2)26-24-48(56(41-69)46-12-14-49(70)15-13-46)44-78-32-36-80(37-33-78)51-18-20-54(61(39-51)92-52-38-47-25-28-72-64(47)74-43-52)65(84)76-93(90,91)53-19-21-57(60(40-53)82(88)89)73-42-45-10-16-50(17-11-45)79-34-30-77(31-35-79)29-6-4-3-5-27-71-58-9-7-8-55-63(58)68(87)81(67(55)86)59-22-23-62(83)75-66(59)85/h7-9,12-15,18-21,25,28,38-40,43,45,50,59,71,73H,3-6,10-11,16-17,22-24,26-27,29-37,41-42,44H2,1-2H3,(H,72,74)(H,76,84)(H,75,83,85)/t45-,50-,59?. The number of fused-ring (bicyclic) bond motifs is 2. The zero-order valence-corrected chi connectivity index (χ0v) is 54.3. The fraction of sp³-hybridized carbons (Fsp3) is 0.449. The van der Waals surface area contributed by atoms with Crippen LogP contribution in [0.4, 0.5) is 22.7 Å². The Kier molecular flexibility index (Phi) is 19.6. The minimum Gasteiger partial charge on any atom is -0.455 e. The van der Waals surface area contributed by atoms with E-state index in [-0.39, 0.29) is 52.3 Å². The van der Waals surface area contributed by atoms with Crippen molar-refractivity contribution in [1.29, 1.82) is 0 Å². The molecule has 5 amide bonds. The summed E-state index contributed by atoms with van der Waals surface area (Å²) in [6, 6.07) is 25.1. The zero-order chi connectivity index (χ0) is 65.0. The first kappa shape index (κ1) is 64.9. The van der Waals surface area contributed by atoms with Crippen LogP contribution in [-0.2, 0) is 19.6 Å². The van der Waals surface area contributed by atoms with Gasteiger partial charge in [-0.3, -0.25) is 54.1 Å². The molecule has 6 aromatic rings. The normalized spacial score (nSPS) is 20.8. The molecule has 4 aromatic carbocycles. The number of aromatic amines is 1. The Bertz CT molecular complexity index is 3970. The van der Waals surface area contributed by atoms with Crippen LogP contribution in [0.2, 0.25) is 5.02 Å². The molecule has 6 aliphatic rings. The van der Waals surface area contributed by atoms with Crippen LogP contribution < -0.4 is 30.3 Å². The predicted octanol–water partition coefficient (Wildman–Crippen LogP) is 10.5. The molecule has 1 atom stereocenters. The van der Waals surface area contributed by atoms with Gasteiger partial charge in [0, 0.05) is 125 Å². The summed E-state index contributed by atoms with van der Waals surface area (Å²) in [6.07, 6.45) is 14.6. The van der Waals surface area contributed by atoms with Crippen molar-refractivity contribution in [3.63, 3.8) is 0 Å². The molecular formula is C69H81ClN12O10S. The predicted molar refractivity (Wildman–Crippen MR) is 357 cm³/mol. The first-order chi connectivity index (χ1) is 44.8. The topological polar surface area (TPSA) is 265 Å². The molecule has 0 spiro atoms. The van der Waals surface area contributed by atoms with Gasteiger partial charge in [0.05, 0.1) is 32.7 Å². The number of nitrogens with one attached hydrogen (secondary N) is 5. The van der Waals surface area contributed by atoms with E-state index in [9.17, 15) is 42.5 Å². The number of nitro groups is 1. The number of halogens is 1. The number of pyridine rings is 1. The van der Waals surface area contributed by atoms with Crippen LogP contribution in [0.25, 0.3) is 16.6 Å². The van der Waals surface area contributed by atoms with Gasteiger partial charge in [0.15, 0.2) is 0 Å². The van der Waals surface area contributed by atoms with Gasteiger partial charge in [-0.25, -0.2) is 18.1 Å². The van der Waals surface area contributed by atoms with E-state index in [0.29, 0.717) is 49.3 Å². The number of H-pyrrole nitrogens is 1. The van der Waals surface area contributed by atoms with Gasteiger partial charge >= 0.3 is 0 Å². The molecule has 0 radical (unpaired) electrons. The molecule has 1 saturated carbocycles. The maximum absolute atomic E-state index is 14.2. The highest BCUT2D eigenvalue weighted by Gasteiger charge is 2.46. The van der Waals surface area contributed by atoms with Crippen molar-refractivity contribution < 1.29 is 42.1 Å². The zero-order valence-electron chi connectivity index (χ0n) is 52.7. The Morgan fingerprint density at radius 2 is 1.57 bits per heavy atom. The summed E-state index contributed by atoms with van der Waals surface area (Å²) in [5.74, 6) is -2.31. The third-order valence-corrected chi connectivity index (χ3v) is 21.1. The summed E-state index contributed by atoms with van der Waals surface area (Å²) in [7, 11) is -4.62. The third kappa shape index (κ3) is 15.1. The number of rotatable bonds is 23. The molecule has 5 N–H and O–H groups in total. The van der Waals surface area contributed by atoms with Gasteiger partial charge in [-0.1, -0.05) is 62.1 Å². The smallest absolute Gasteiger partial charge is 0.293 e. The van der Waals surface area contributed by atoms with E-state index in [4.69, 9.17) is 16.3 Å². The molecular weight excluding hydrogens is 1220 g/mol. The van der Waals surface area contributed by atoms with Crippen LogP contribution in [0.15, 0.2) is 114 Å². The van der Waals surface area contributed by atoms with Crippen molar-refractivity contribution in [3.8, 4) is 11.5 Å². The van der Waals surface area contributed by atoms with E-state index >= 15 is 0 Å². The van der Waals surface area contributed by atoms with Crippen molar-refractivity contribution in [3.05, 3.63) is 146 Å². The van der Waals surface area contributed by atoms with E-state index in [1.165, 1.54) is 35.0 Å². The van der Waals surface area contributed by atoms with Crippen molar-refractivity contribution in [2.45, 2.75) is 114 Å². The molecule has 2 aliphatic carbocycles. The van der Waals surface area contributed by atoms with Gasteiger partial charge < -0.3 is 30.2 Å². The molecule has 4 fully saturated rings. The van der Waals surface area contributed by atoms with Gasteiger partial charge in [-0.2, -0.15) is 0 Å². The highest BCUT2D eigenvalue weighted by molar-refractivity contribution is 7.90. The Labute approximate surface area is 547 Å². The number of imide groups is 2. The van der Waals surface area contributed by atoms with E-state index in [1.807, 2.05) is 18.2 Å². The van der Waals surface area contributed by atoms with Crippen molar-refractivity contribution in [1.82, 2.24) is 39.6 Å². The molecule has 24 heteroatoms. The van der Waals surface area contributed by atoms with Gasteiger partial charge in [0.25, 0.3) is 33.4 Å². The lowest BCUT2D eigenvalue weighted by atomic mass is 9.72. The fourth-order valence-corrected chi connectivity index (χ4v) is 15.3. The van der Waals surface area contributed by atoms with Crippen molar-refractivity contribution in [2.24, 2.45) is 11.3 Å². The van der Waals surface area contributed by atoms with E-state index in [0.717, 1.165) is 150 Å². The molecule has 22 nitrogen and oxygen atoms in total. The minimum atomic E-state index is -4.62. The first-order valence-corrected chi connectivity index (χ1v) is 34.5. The Morgan fingerprint density at radius 1 is 0.806 bits per heavy atom. The lowest BCUT2D eigenvalue weighted by Crippen LogP contribution is -2.54. The molecule has 3 saturated heterocycles. The second kappa shape index (κ2) is 28.2. The van der Waals surface area contributed by atoms with Crippen molar-refractivity contribution >= 4 is 90.5 Å². The van der Waals surface area contributed by atoms with Crippen LogP contribution in [0, 0.1) is 21.4 Å². The highest BCUT2D eigenvalue weighted by atomic mass is 35.5. The number of carbonyl (C=O) groups is 5. The molecule has 12 rings (SSSR count). The van der Waals surface area contributed by atoms with Crippen LogP contribution in [0.5, 0.6) is 11.5 Å². The molecule has 4 aliphatic heterocycles. The third-order valence-electron chi connectivity index (χ3n) is 19.6. The molecule has 2 aromatic heterocycles. The Balaban J connectivity index is 0.595. The summed E-state index contributed by atoms with van der Waals surface area (Å²) in [5, 5.41) is 22.9. The quantitative estimate of drug-likeness (QED) is 0.0173. The average Bonchev–Trinajstić information content (AvgIpc) is 1.57. The number of allylic oxidation sites excluding steroid dienone is 1. The number of hydrogen-bond donors (Lipinski definition) is 5. The monoisotopic (exact) mass is 1300 g/mol. The number of aromatic nitrogens is 2. The van der Waals surface area contributed by atoms with Gasteiger partial charge in [0.1, 0.15) is 28.9 Å². The Hall–Kier alpha value is -8.22. The molecule has 0 bridgehead atoms. The van der Waals surface area contributed by atoms with Crippen LogP contribution in [0.3, 0.4) is 0 Å². The summed E-state index contributed by atoms with van der Waals surface area (Å²) >= 11 is 6.28. The summed E-state index contributed by atoms with van der Waals surface area (Å²) in [4.78, 5) is 94.9. The SMILES string of the molecule is CC1(C)CCC(CN2CCN(c3ccc(C(=O)NS(=O)(=O)c4ccc(NC[C@H]5CC[C@H](N6CCN(CCCCCCNc7cccc8c7C(=O)N(C7CCC(=O)NC7=O)C8=O)CC6)CC5)c([N+](=O)[O-])c4)c(Oc4cnc5[nH]ccc5c4)c3)CC2)=C(c2ccc(Cl)cc2)C1. The second-order valence-corrected chi connectivity index (χ2v) is 28.5. The number of unbranched alkanes of at least 4 members (excludes halogenated alkanes) is 3. The molecule has 93 heavy (non-hydrogen) atoms. The van der Waals surface area contributed by atoms with Gasteiger partial charge in [-0.15, -0.1) is 0 Å². The lowest BCUT2D eigenvalue weighted by molar-refractivity contribution is -0.384. The Morgan fingerprint density at radius 3 is 2.33 bits per heavy atom. The number of nitro benzene ring substituents is 1. The van der Waals surface area contributed by atoms with Crippen LogP contribution >= 0.6 is 11.6 Å². The number of nitrogens with zero attached hydrogens (tertiary/aromatic N) is 7. The minimum absolute atomic E-state index is 0.0479. The number of anilines is 3. The fourth-order valence-electron chi connectivity index (χ4n) is 14.2. The maximum atomic E-state index is 14.2. The number of carbonyl (C=O) groups excluding carboxylic acids is 5. The number of piperidine rings is 1. The summed E-state index contributed by atoms with van der Waals surface area (Å²) in [6.45, 7) is 14.7. The summed E-state index contributed by atoms with van der Waals surface area (Å²) < 4.78 is 36.6. The number of sulfonamides is 1. The van der Waals surface area contributed by atoms with Gasteiger partial charge in [-0.05, 0) is 154 Å².